The molecule has 11 nitrogen and oxygen atoms in total. The number of fused-ring (bicyclic) bond motifs is 1. The summed E-state index contributed by atoms with van der Waals surface area (Å²) in [6.07, 6.45) is -7.47. The summed E-state index contributed by atoms with van der Waals surface area (Å²) in [5.74, 6) is -1.89. The Balaban J connectivity index is 1.71. The molecule has 1 aromatic heterocycles. The first kappa shape index (κ1) is 26.0. The molecule has 2 heterocycles. The van der Waals surface area contributed by atoms with E-state index in [-0.39, 0.29) is 27.9 Å². The fourth-order valence-corrected chi connectivity index (χ4v) is 4.70. The molecular weight excluding hydrogens is 528 g/mol. The number of nitrogens with one attached hydrogen (secondary N) is 2. The monoisotopic (exact) mass is 546 g/mol. The standard InChI is InChI=1S/C21H18F4N4O7S/c1-20(2,21(23,24)25)36-18(30)26-12-5-8-15-14(9-12)29(10-16(34-15)17-27-28-19(31)35-17)37(32,33)13-6-3-11(22)4-7-13/h3-9,16H,10H2,1-2H3,(H,26,30)(H,28,31). The van der Waals surface area contributed by atoms with Crippen molar-refractivity contribution in [2.45, 2.75) is 36.6 Å². The molecule has 37 heavy (non-hydrogen) atoms. The normalized spacial score (nSPS) is 16.1. The third-order valence-corrected chi connectivity index (χ3v) is 7.03. The van der Waals surface area contributed by atoms with E-state index in [0.29, 0.717) is 13.8 Å². The first-order chi connectivity index (χ1) is 17.2. The van der Waals surface area contributed by atoms with E-state index in [1.807, 2.05) is 5.10 Å². The number of amides is 1. The zero-order chi connectivity index (χ0) is 27.2. The van der Waals surface area contributed by atoms with Crippen LogP contribution < -0.4 is 20.1 Å². The highest BCUT2D eigenvalue weighted by atomic mass is 32.2. The van der Waals surface area contributed by atoms with Crippen LogP contribution in [0.2, 0.25) is 0 Å². The summed E-state index contributed by atoms with van der Waals surface area (Å²) in [5.41, 5.74) is -3.03. The van der Waals surface area contributed by atoms with Crippen molar-refractivity contribution in [2.24, 2.45) is 0 Å². The predicted octanol–water partition coefficient (Wildman–Crippen LogP) is 3.72. The SMILES string of the molecule is CC(C)(OC(=O)Nc1ccc2c(c1)N(S(=O)(=O)c1ccc(F)cc1)CC(c1n[nH]c(=O)o1)O2)C(F)(F)F. The van der Waals surface area contributed by atoms with Gasteiger partial charge in [0.05, 0.1) is 17.1 Å². The number of hydrogen-bond donors (Lipinski definition) is 2. The van der Waals surface area contributed by atoms with Crippen molar-refractivity contribution in [1.29, 1.82) is 0 Å². The molecule has 16 heteroatoms. The highest BCUT2D eigenvalue weighted by molar-refractivity contribution is 7.92. The largest absolute Gasteiger partial charge is 0.476 e. The predicted molar refractivity (Wildman–Crippen MR) is 118 cm³/mol. The lowest BCUT2D eigenvalue weighted by Crippen LogP contribution is -2.44. The van der Waals surface area contributed by atoms with Crippen molar-refractivity contribution in [3.63, 3.8) is 0 Å². The molecule has 1 unspecified atom stereocenters. The highest BCUT2D eigenvalue weighted by Gasteiger charge is 2.51. The Morgan fingerprint density at radius 1 is 1.19 bits per heavy atom. The molecule has 2 N–H and O–H groups in total. The molecule has 0 saturated carbocycles. The molecule has 0 radical (unpaired) electrons. The van der Waals surface area contributed by atoms with Crippen molar-refractivity contribution >= 4 is 27.5 Å². The lowest BCUT2D eigenvalue weighted by Gasteiger charge is -2.34. The lowest BCUT2D eigenvalue weighted by molar-refractivity contribution is -0.242. The molecule has 198 valence electrons. The molecule has 0 spiro atoms. The number of aromatic nitrogens is 2. The molecule has 4 rings (SSSR count). The summed E-state index contributed by atoms with van der Waals surface area (Å²) in [4.78, 5) is 23.2. The van der Waals surface area contributed by atoms with Gasteiger partial charge in [0.2, 0.25) is 5.60 Å². The Morgan fingerprint density at radius 3 is 2.46 bits per heavy atom. The minimum Gasteiger partial charge on any atom is -0.476 e. The van der Waals surface area contributed by atoms with Crippen LogP contribution >= 0.6 is 0 Å². The van der Waals surface area contributed by atoms with Gasteiger partial charge in [-0.3, -0.25) is 9.62 Å². The molecule has 1 atom stereocenters. The maximum Gasteiger partial charge on any atom is 0.434 e. The molecule has 1 aliphatic rings. The van der Waals surface area contributed by atoms with Gasteiger partial charge in [-0.1, -0.05) is 0 Å². The number of carbonyl (C=O) groups is 1. The summed E-state index contributed by atoms with van der Waals surface area (Å²) in [5, 5.41) is 7.82. The second-order valence-electron chi connectivity index (χ2n) is 8.25. The Bertz CT molecular complexity index is 1480. The first-order valence-corrected chi connectivity index (χ1v) is 11.8. The number of ether oxygens (including phenoxy) is 2. The second-order valence-corrected chi connectivity index (χ2v) is 10.1. The van der Waals surface area contributed by atoms with Gasteiger partial charge in [-0.15, -0.1) is 5.10 Å². The summed E-state index contributed by atoms with van der Waals surface area (Å²) in [6.45, 7) is 0.866. The Hall–Kier alpha value is -4.08. The van der Waals surface area contributed by atoms with Crippen LogP contribution in [0.1, 0.15) is 25.8 Å². The van der Waals surface area contributed by atoms with Crippen LogP contribution in [-0.4, -0.2) is 43.0 Å². The van der Waals surface area contributed by atoms with Gasteiger partial charge in [0.25, 0.3) is 15.9 Å². The first-order valence-electron chi connectivity index (χ1n) is 10.4. The summed E-state index contributed by atoms with van der Waals surface area (Å²) < 4.78 is 95.4. The van der Waals surface area contributed by atoms with Crippen LogP contribution in [0.3, 0.4) is 0 Å². The summed E-state index contributed by atoms with van der Waals surface area (Å²) in [6, 6.07) is 7.54. The number of alkyl halides is 3. The van der Waals surface area contributed by atoms with Crippen molar-refractivity contribution in [3.05, 3.63) is 64.7 Å². The smallest absolute Gasteiger partial charge is 0.434 e. The van der Waals surface area contributed by atoms with Gasteiger partial charge >= 0.3 is 18.0 Å². The molecular formula is C21H18F4N4O7S. The van der Waals surface area contributed by atoms with Crippen LogP contribution in [0, 0.1) is 5.82 Å². The number of hydrogen-bond acceptors (Lipinski definition) is 8. The quantitative estimate of drug-likeness (QED) is 0.461. The molecule has 3 aromatic rings. The zero-order valence-electron chi connectivity index (χ0n) is 19.0. The second kappa shape index (κ2) is 9.10. The van der Waals surface area contributed by atoms with Gasteiger partial charge in [-0.2, -0.15) is 13.2 Å². The maximum absolute atomic E-state index is 13.5. The average molecular weight is 546 g/mol. The van der Waals surface area contributed by atoms with E-state index >= 15 is 0 Å². The minimum atomic E-state index is -4.84. The van der Waals surface area contributed by atoms with Crippen LogP contribution in [0.25, 0.3) is 0 Å². The molecule has 0 bridgehead atoms. The van der Waals surface area contributed by atoms with Crippen molar-refractivity contribution in [3.8, 4) is 5.75 Å². The molecule has 0 aliphatic carbocycles. The number of aromatic amines is 1. The van der Waals surface area contributed by atoms with Crippen molar-refractivity contribution in [1.82, 2.24) is 10.2 Å². The molecule has 1 amide bonds. The van der Waals surface area contributed by atoms with Crippen LogP contribution in [0.4, 0.5) is 33.7 Å². The van der Waals surface area contributed by atoms with Gasteiger partial charge < -0.3 is 13.9 Å². The van der Waals surface area contributed by atoms with Crippen molar-refractivity contribution < 1.29 is 44.7 Å². The van der Waals surface area contributed by atoms with Gasteiger partial charge in [0.1, 0.15) is 11.6 Å². The highest BCUT2D eigenvalue weighted by Crippen LogP contribution is 2.42. The number of rotatable bonds is 5. The maximum atomic E-state index is 13.5. The van der Waals surface area contributed by atoms with Gasteiger partial charge in [0.15, 0.2) is 6.10 Å². The van der Waals surface area contributed by atoms with Gasteiger partial charge in [-0.05, 0) is 56.3 Å². The van der Waals surface area contributed by atoms with E-state index in [4.69, 9.17) is 9.15 Å². The molecule has 0 fully saturated rings. The van der Waals surface area contributed by atoms with E-state index in [1.54, 1.807) is 0 Å². The Kier molecular flexibility index (Phi) is 6.39. The number of sulfonamides is 1. The molecule has 2 aromatic carbocycles. The third-order valence-electron chi connectivity index (χ3n) is 5.24. The van der Waals surface area contributed by atoms with E-state index in [2.05, 4.69) is 15.2 Å². The van der Waals surface area contributed by atoms with Crippen LogP contribution in [0.15, 0.2) is 56.6 Å². The Labute approximate surface area is 206 Å². The number of halogens is 4. The fraction of sp³-hybridized carbons (Fsp3) is 0.286. The third kappa shape index (κ3) is 5.23. The Morgan fingerprint density at radius 2 is 1.86 bits per heavy atom. The summed E-state index contributed by atoms with van der Waals surface area (Å²) in [7, 11) is -4.38. The zero-order valence-corrected chi connectivity index (χ0v) is 19.8. The number of anilines is 2. The lowest BCUT2D eigenvalue weighted by atomic mass is 10.1. The number of H-pyrrole nitrogens is 1. The average Bonchev–Trinajstić information content (AvgIpc) is 3.23. The topological polar surface area (TPSA) is 144 Å². The van der Waals surface area contributed by atoms with Crippen molar-refractivity contribution in [2.75, 3.05) is 16.2 Å². The minimum absolute atomic E-state index is 0.0536. The number of benzene rings is 2. The number of nitrogens with zero attached hydrogens (tertiary/aromatic N) is 2. The fourth-order valence-electron chi connectivity index (χ4n) is 3.23. The summed E-state index contributed by atoms with van der Waals surface area (Å²) >= 11 is 0. The van der Waals surface area contributed by atoms with E-state index in [9.17, 15) is 35.6 Å². The molecule has 0 saturated heterocycles. The molecule has 1 aliphatic heterocycles. The van der Waals surface area contributed by atoms with E-state index < -0.39 is 52.1 Å². The number of carbonyl (C=O) groups excluding carboxylic acids is 1. The van der Waals surface area contributed by atoms with Crippen LogP contribution in [-0.2, 0) is 14.8 Å². The van der Waals surface area contributed by atoms with Gasteiger partial charge in [0, 0.05) is 5.69 Å². The van der Waals surface area contributed by atoms with Gasteiger partial charge in [-0.25, -0.2) is 27.5 Å². The van der Waals surface area contributed by atoms with Crippen LogP contribution in [0.5, 0.6) is 5.75 Å². The van der Waals surface area contributed by atoms with E-state index in [1.165, 1.54) is 12.1 Å². The van der Waals surface area contributed by atoms with E-state index in [0.717, 1.165) is 34.6 Å².